The van der Waals surface area contributed by atoms with Crippen LogP contribution < -0.4 is 11.5 Å². The van der Waals surface area contributed by atoms with Gasteiger partial charge in [0.15, 0.2) is 11.5 Å². The topological polar surface area (TPSA) is 135 Å². The Balaban J connectivity index is 0.000000523. The molecule has 4 N–H and O–H groups in total. The molecule has 4 aromatic rings. The quantitative estimate of drug-likeness (QED) is 0.465. The Hall–Kier alpha value is -4.08. The van der Waals surface area contributed by atoms with Gasteiger partial charge in [-0.05, 0) is 24.6 Å². The van der Waals surface area contributed by atoms with Crippen LogP contribution in [0.2, 0.25) is 0 Å². The summed E-state index contributed by atoms with van der Waals surface area (Å²) in [5.41, 5.74) is 14.4. The Morgan fingerprint density at radius 2 is 1.78 bits per heavy atom. The molecule has 0 aliphatic rings. The van der Waals surface area contributed by atoms with E-state index >= 15 is 0 Å². The summed E-state index contributed by atoms with van der Waals surface area (Å²) >= 11 is 0. The first-order valence-corrected chi connectivity index (χ1v) is 9.87. The number of nitrogens with zero attached hydrogens (tertiary/aromatic N) is 5. The highest BCUT2D eigenvalue weighted by molar-refractivity contribution is 5.89. The maximum atomic E-state index is 14.1. The molecule has 9 nitrogen and oxygen atoms in total. The van der Waals surface area contributed by atoms with Gasteiger partial charge in [-0.3, -0.25) is 4.79 Å². The Labute approximate surface area is 184 Å². The molecule has 32 heavy (non-hydrogen) atoms. The van der Waals surface area contributed by atoms with Crippen molar-refractivity contribution in [2.75, 3.05) is 18.6 Å². The zero-order valence-corrected chi connectivity index (χ0v) is 18.0. The number of carbonyl (C=O) groups is 1. The van der Waals surface area contributed by atoms with E-state index in [4.69, 9.17) is 11.5 Å². The molecule has 0 unspecified atom stereocenters. The molecule has 3 heterocycles. The number of nitrogen functional groups attached to an aromatic ring is 2. The van der Waals surface area contributed by atoms with E-state index in [1.165, 1.54) is 20.1 Å². The second kappa shape index (κ2) is 9.82. The highest BCUT2D eigenvalue weighted by Gasteiger charge is 2.18. The SMILES string of the molecule is CCc1c(N)nc(-c2nn(Cc3ccccc3F)c3ncccc23)nc1N.COC(C)=O. The van der Waals surface area contributed by atoms with Gasteiger partial charge in [-0.2, -0.15) is 5.10 Å². The van der Waals surface area contributed by atoms with Crippen molar-refractivity contribution in [3.05, 3.63) is 59.5 Å². The molecule has 0 aliphatic carbocycles. The number of fused-ring (bicyclic) bond motifs is 1. The van der Waals surface area contributed by atoms with Crippen LogP contribution >= 0.6 is 0 Å². The second-order valence-corrected chi connectivity index (χ2v) is 6.82. The van der Waals surface area contributed by atoms with Gasteiger partial charge in [0.05, 0.1) is 19.0 Å². The summed E-state index contributed by atoms with van der Waals surface area (Å²) in [6, 6.07) is 10.2. The number of pyridine rings is 1. The van der Waals surface area contributed by atoms with Crippen LogP contribution in [0.4, 0.5) is 16.0 Å². The van der Waals surface area contributed by atoms with E-state index in [0.29, 0.717) is 46.3 Å². The van der Waals surface area contributed by atoms with Crippen molar-refractivity contribution in [1.29, 1.82) is 0 Å². The second-order valence-electron chi connectivity index (χ2n) is 6.82. The van der Waals surface area contributed by atoms with Gasteiger partial charge < -0.3 is 16.2 Å². The first-order chi connectivity index (χ1) is 15.3. The van der Waals surface area contributed by atoms with Crippen molar-refractivity contribution >= 4 is 28.6 Å². The molecular formula is C22H24FN7O2. The van der Waals surface area contributed by atoms with Gasteiger partial charge >= 0.3 is 5.97 Å². The van der Waals surface area contributed by atoms with Gasteiger partial charge in [-0.25, -0.2) is 24.0 Å². The average molecular weight is 437 g/mol. The van der Waals surface area contributed by atoms with Crippen molar-refractivity contribution in [2.24, 2.45) is 0 Å². The third-order valence-electron chi connectivity index (χ3n) is 4.71. The predicted molar refractivity (Wildman–Crippen MR) is 120 cm³/mol. The van der Waals surface area contributed by atoms with Crippen LogP contribution in [0.15, 0.2) is 42.6 Å². The molecule has 10 heteroatoms. The normalized spacial score (nSPS) is 10.5. The van der Waals surface area contributed by atoms with Crippen LogP contribution in [-0.2, 0) is 22.5 Å². The maximum absolute atomic E-state index is 14.1. The number of hydrogen-bond acceptors (Lipinski definition) is 8. The van der Waals surface area contributed by atoms with Crippen molar-refractivity contribution in [2.45, 2.75) is 26.8 Å². The van der Waals surface area contributed by atoms with Crippen LogP contribution in [0, 0.1) is 5.82 Å². The largest absolute Gasteiger partial charge is 0.469 e. The average Bonchev–Trinajstić information content (AvgIpc) is 3.14. The third-order valence-corrected chi connectivity index (χ3v) is 4.71. The molecule has 0 fully saturated rings. The van der Waals surface area contributed by atoms with E-state index in [2.05, 4.69) is 24.8 Å². The Kier molecular flexibility index (Phi) is 6.93. The standard InChI is InChI=1S/C19H18FN7.C3H6O2/c1-2-12-16(21)24-18(25-17(12)22)15-13-7-5-9-23-19(13)27(26-15)10-11-6-3-4-8-14(11)20;1-3(4)5-2/h3-9H,2,10H2,1H3,(H4,21,22,24,25);1-2H3. The summed E-state index contributed by atoms with van der Waals surface area (Å²) in [6.45, 7) is 3.53. The van der Waals surface area contributed by atoms with Gasteiger partial charge in [-0.15, -0.1) is 0 Å². The number of anilines is 2. The van der Waals surface area contributed by atoms with E-state index in [-0.39, 0.29) is 18.3 Å². The Morgan fingerprint density at radius 1 is 1.12 bits per heavy atom. The first kappa shape index (κ1) is 22.6. The number of rotatable bonds is 4. The molecule has 3 aromatic heterocycles. The molecule has 0 saturated heterocycles. The first-order valence-electron chi connectivity index (χ1n) is 9.87. The molecule has 166 valence electrons. The van der Waals surface area contributed by atoms with E-state index in [1.54, 1.807) is 35.1 Å². The lowest BCUT2D eigenvalue weighted by Gasteiger charge is -2.07. The summed E-state index contributed by atoms with van der Waals surface area (Å²) in [5, 5.41) is 5.33. The summed E-state index contributed by atoms with van der Waals surface area (Å²) in [4.78, 5) is 22.7. The van der Waals surface area contributed by atoms with Gasteiger partial charge in [0, 0.05) is 24.2 Å². The number of methoxy groups -OCH3 is 1. The van der Waals surface area contributed by atoms with E-state index < -0.39 is 0 Å². The number of hydrogen-bond donors (Lipinski definition) is 2. The Bertz CT molecular complexity index is 1230. The highest BCUT2D eigenvalue weighted by Crippen LogP contribution is 2.28. The van der Waals surface area contributed by atoms with Gasteiger partial charge in [0.25, 0.3) is 0 Å². The van der Waals surface area contributed by atoms with Crippen LogP contribution in [-0.4, -0.2) is 37.8 Å². The fraction of sp³-hybridized carbons (Fsp3) is 0.227. The van der Waals surface area contributed by atoms with Crippen LogP contribution in [0.25, 0.3) is 22.6 Å². The van der Waals surface area contributed by atoms with Crippen LogP contribution in [0.5, 0.6) is 0 Å². The lowest BCUT2D eigenvalue weighted by atomic mass is 10.2. The van der Waals surface area contributed by atoms with Crippen LogP contribution in [0.3, 0.4) is 0 Å². The van der Waals surface area contributed by atoms with Crippen molar-refractivity contribution in [1.82, 2.24) is 24.7 Å². The molecule has 4 rings (SSSR count). The molecule has 0 saturated carbocycles. The summed E-state index contributed by atoms with van der Waals surface area (Å²) in [7, 11) is 1.35. The predicted octanol–water partition coefficient (Wildman–Crippen LogP) is 2.98. The lowest BCUT2D eigenvalue weighted by Crippen LogP contribution is -2.07. The highest BCUT2D eigenvalue weighted by atomic mass is 19.1. The van der Waals surface area contributed by atoms with E-state index in [0.717, 1.165) is 5.39 Å². The minimum Gasteiger partial charge on any atom is -0.469 e. The smallest absolute Gasteiger partial charge is 0.302 e. The number of esters is 1. The molecular weight excluding hydrogens is 413 g/mol. The summed E-state index contributed by atoms with van der Waals surface area (Å²) in [5.74, 6) is 0.453. The molecule has 0 atom stereocenters. The van der Waals surface area contributed by atoms with E-state index in [1.807, 2.05) is 13.0 Å². The number of aromatic nitrogens is 5. The van der Waals surface area contributed by atoms with Crippen molar-refractivity contribution in [3.63, 3.8) is 0 Å². The number of nitrogens with two attached hydrogens (primary N) is 2. The molecule has 0 aliphatic heterocycles. The maximum Gasteiger partial charge on any atom is 0.302 e. The van der Waals surface area contributed by atoms with Gasteiger partial charge in [0.1, 0.15) is 23.1 Å². The minimum absolute atomic E-state index is 0.234. The number of carbonyl (C=O) groups excluding carboxylic acids is 1. The molecule has 0 radical (unpaired) electrons. The Morgan fingerprint density at radius 3 is 2.38 bits per heavy atom. The van der Waals surface area contributed by atoms with Gasteiger partial charge in [-0.1, -0.05) is 25.1 Å². The van der Waals surface area contributed by atoms with E-state index in [9.17, 15) is 9.18 Å². The molecule has 1 aromatic carbocycles. The lowest BCUT2D eigenvalue weighted by molar-refractivity contribution is -0.137. The fourth-order valence-corrected chi connectivity index (χ4v) is 3.06. The zero-order chi connectivity index (χ0) is 23.3. The summed E-state index contributed by atoms with van der Waals surface area (Å²) in [6.07, 6.45) is 2.30. The van der Waals surface area contributed by atoms with Crippen LogP contribution in [0.1, 0.15) is 25.0 Å². The van der Waals surface area contributed by atoms with Gasteiger partial charge in [0.2, 0.25) is 0 Å². The molecule has 0 bridgehead atoms. The molecule has 0 spiro atoms. The number of halogens is 1. The number of ether oxygens (including phenoxy) is 1. The molecule has 0 amide bonds. The number of benzene rings is 1. The zero-order valence-electron chi connectivity index (χ0n) is 18.0. The summed E-state index contributed by atoms with van der Waals surface area (Å²) < 4.78 is 19.8. The third kappa shape index (κ3) is 4.80. The van der Waals surface area contributed by atoms with Crippen molar-refractivity contribution < 1.29 is 13.9 Å². The monoisotopic (exact) mass is 437 g/mol. The fourth-order valence-electron chi connectivity index (χ4n) is 3.06. The minimum atomic E-state index is -0.296. The van der Waals surface area contributed by atoms with Crippen molar-refractivity contribution in [3.8, 4) is 11.5 Å².